The monoisotopic (exact) mass is 386 g/mol. The van der Waals surface area contributed by atoms with Crippen LogP contribution >= 0.6 is 11.8 Å². The fraction of sp³-hybridized carbons (Fsp3) is 0.300. The van der Waals surface area contributed by atoms with Crippen molar-refractivity contribution < 1.29 is 19.1 Å². The van der Waals surface area contributed by atoms with Crippen LogP contribution in [0.2, 0.25) is 0 Å². The number of nitrogens with one attached hydrogen (secondary N) is 1. The Morgan fingerprint density at radius 1 is 1.19 bits per heavy atom. The third kappa shape index (κ3) is 4.36. The first-order chi connectivity index (χ1) is 13.0. The molecule has 0 aromatic heterocycles. The summed E-state index contributed by atoms with van der Waals surface area (Å²) >= 11 is 1.60. The van der Waals surface area contributed by atoms with Gasteiger partial charge in [-0.05, 0) is 29.8 Å². The largest absolute Gasteiger partial charge is 0.497 e. The minimum Gasteiger partial charge on any atom is -0.497 e. The number of hydrogen-bond acceptors (Lipinski definition) is 5. The number of carbonyl (C=O) groups excluding carboxylic acids is 2. The Kier molecular flexibility index (Phi) is 5.91. The van der Waals surface area contributed by atoms with Crippen molar-refractivity contribution in [2.45, 2.75) is 18.8 Å². The van der Waals surface area contributed by atoms with Crippen LogP contribution in [0.25, 0.3) is 0 Å². The molecular formula is C20H22N2O4S. The quantitative estimate of drug-likeness (QED) is 0.824. The number of methoxy groups -OCH3 is 2. The van der Waals surface area contributed by atoms with E-state index in [0.29, 0.717) is 23.8 Å². The van der Waals surface area contributed by atoms with Gasteiger partial charge in [0.1, 0.15) is 16.9 Å². The summed E-state index contributed by atoms with van der Waals surface area (Å²) in [7, 11) is 3.22. The summed E-state index contributed by atoms with van der Waals surface area (Å²) in [6.45, 7) is 1.93. The second-order valence-corrected chi connectivity index (χ2v) is 7.23. The molecule has 27 heavy (non-hydrogen) atoms. The first-order valence-electron chi connectivity index (χ1n) is 8.51. The molecule has 1 aliphatic rings. The number of amides is 2. The summed E-state index contributed by atoms with van der Waals surface area (Å²) in [4.78, 5) is 25.5. The van der Waals surface area contributed by atoms with Crippen LogP contribution in [0.15, 0.2) is 42.5 Å². The van der Waals surface area contributed by atoms with E-state index in [0.717, 1.165) is 16.8 Å². The molecule has 6 nitrogen and oxygen atoms in total. The van der Waals surface area contributed by atoms with Gasteiger partial charge in [-0.25, -0.2) is 0 Å². The maximum Gasteiger partial charge on any atom is 0.234 e. The molecule has 1 saturated heterocycles. The standard InChI is InChI=1S/C20H22N2O4S/c1-13(23)21-16-7-4-14(5-8-16)20-22(19(24)12-27-20)11-15-6-9-17(25-2)10-18(15)26-3/h4-10,20H,11-12H2,1-3H3,(H,21,23). The lowest BCUT2D eigenvalue weighted by Gasteiger charge is -2.25. The van der Waals surface area contributed by atoms with E-state index < -0.39 is 0 Å². The van der Waals surface area contributed by atoms with Crippen LogP contribution in [-0.4, -0.2) is 36.7 Å². The second-order valence-electron chi connectivity index (χ2n) is 6.17. The van der Waals surface area contributed by atoms with Crippen molar-refractivity contribution in [2.24, 2.45) is 0 Å². The van der Waals surface area contributed by atoms with Crippen LogP contribution in [0, 0.1) is 0 Å². The molecule has 0 bridgehead atoms. The summed E-state index contributed by atoms with van der Waals surface area (Å²) in [5.74, 6) is 1.83. The van der Waals surface area contributed by atoms with Crippen molar-refractivity contribution in [3.63, 3.8) is 0 Å². The van der Waals surface area contributed by atoms with Crippen molar-refractivity contribution in [2.75, 3.05) is 25.3 Å². The first-order valence-corrected chi connectivity index (χ1v) is 9.56. The van der Waals surface area contributed by atoms with Gasteiger partial charge in [-0.3, -0.25) is 9.59 Å². The molecule has 1 atom stereocenters. The highest BCUT2D eigenvalue weighted by atomic mass is 32.2. The fourth-order valence-corrected chi connectivity index (χ4v) is 4.19. The molecule has 0 saturated carbocycles. The van der Waals surface area contributed by atoms with Crippen LogP contribution in [0.4, 0.5) is 5.69 Å². The predicted molar refractivity (Wildman–Crippen MR) is 106 cm³/mol. The molecule has 0 spiro atoms. The molecule has 3 rings (SSSR count). The van der Waals surface area contributed by atoms with Gasteiger partial charge in [0.15, 0.2) is 0 Å². The van der Waals surface area contributed by atoms with Crippen molar-refractivity contribution in [1.82, 2.24) is 4.90 Å². The number of nitrogens with zero attached hydrogens (tertiary/aromatic N) is 1. The van der Waals surface area contributed by atoms with E-state index in [1.807, 2.05) is 47.4 Å². The Bertz CT molecular complexity index is 838. The SMILES string of the molecule is COc1ccc(CN2C(=O)CSC2c2ccc(NC(C)=O)cc2)c(OC)c1. The lowest BCUT2D eigenvalue weighted by atomic mass is 10.1. The van der Waals surface area contributed by atoms with Crippen LogP contribution in [0.3, 0.4) is 0 Å². The first kappa shape index (κ1) is 19.1. The molecular weight excluding hydrogens is 364 g/mol. The van der Waals surface area contributed by atoms with Gasteiger partial charge in [0.2, 0.25) is 11.8 Å². The predicted octanol–water partition coefficient (Wildman–Crippen LogP) is 3.44. The van der Waals surface area contributed by atoms with E-state index in [1.54, 1.807) is 26.0 Å². The normalized spacial score (nSPS) is 16.3. The fourth-order valence-electron chi connectivity index (χ4n) is 3.00. The van der Waals surface area contributed by atoms with Gasteiger partial charge < -0.3 is 19.7 Å². The van der Waals surface area contributed by atoms with Gasteiger partial charge in [0.05, 0.1) is 26.5 Å². The lowest BCUT2D eigenvalue weighted by Crippen LogP contribution is -2.27. The second kappa shape index (κ2) is 8.35. The Hall–Kier alpha value is -2.67. The number of thioether (sulfide) groups is 1. The van der Waals surface area contributed by atoms with E-state index in [1.165, 1.54) is 6.92 Å². The zero-order valence-electron chi connectivity index (χ0n) is 15.5. The average Bonchev–Trinajstić information content (AvgIpc) is 3.02. The summed E-state index contributed by atoms with van der Waals surface area (Å²) in [6, 6.07) is 13.2. The molecule has 1 heterocycles. The van der Waals surface area contributed by atoms with Crippen LogP contribution in [0.1, 0.15) is 23.4 Å². The molecule has 142 valence electrons. The van der Waals surface area contributed by atoms with Crippen molar-refractivity contribution in [1.29, 1.82) is 0 Å². The van der Waals surface area contributed by atoms with E-state index in [4.69, 9.17) is 9.47 Å². The summed E-state index contributed by atoms with van der Waals surface area (Å²) in [5, 5.41) is 2.68. The third-order valence-electron chi connectivity index (χ3n) is 4.32. The Morgan fingerprint density at radius 3 is 2.56 bits per heavy atom. The average molecular weight is 386 g/mol. The molecule has 1 fully saturated rings. The maximum atomic E-state index is 12.5. The molecule has 1 N–H and O–H groups in total. The smallest absolute Gasteiger partial charge is 0.234 e. The molecule has 1 unspecified atom stereocenters. The minimum absolute atomic E-state index is 0.0734. The topological polar surface area (TPSA) is 67.9 Å². The summed E-state index contributed by atoms with van der Waals surface area (Å²) in [5.41, 5.74) is 2.69. The van der Waals surface area contributed by atoms with Gasteiger partial charge >= 0.3 is 0 Å². The van der Waals surface area contributed by atoms with Gasteiger partial charge in [-0.2, -0.15) is 0 Å². The zero-order valence-corrected chi connectivity index (χ0v) is 16.3. The lowest BCUT2D eigenvalue weighted by molar-refractivity contribution is -0.128. The Morgan fingerprint density at radius 2 is 1.93 bits per heavy atom. The van der Waals surface area contributed by atoms with Crippen LogP contribution in [0.5, 0.6) is 11.5 Å². The van der Waals surface area contributed by atoms with Gasteiger partial charge in [-0.15, -0.1) is 11.8 Å². The van der Waals surface area contributed by atoms with Gasteiger partial charge in [-0.1, -0.05) is 12.1 Å². The number of anilines is 1. The van der Waals surface area contributed by atoms with E-state index in [2.05, 4.69) is 5.32 Å². The van der Waals surface area contributed by atoms with E-state index in [9.17, 15) is 9.59 Å². The van der Waals surface area contributed by atoms with E-state index in [-0.39, 0.29) is 17.2 Å². The molecule has 0 aliphatic carbocycles. The summed E-state index contributed by atoms with van der Waals surface area (Å²) < 4.78 is 10.7. The molecule has 7 heteroatoms. The number of rotatable bonds is 6. The Balaban J connectivity index is 1.81. The molecule has 2 amide bonds. The van der Waals surface area contributed by atoms with Gasteiger partial charge in [0.25, 0.3) is 0 Å². The molecule has 2 aromatic rings. The zero-order chi connectivity index (χ0) is 19.4. The Labute approximate surface area is 162 Å². The third-order valence-corrected chi connectivity index (χ3v) is 5.58. The highest BCUT2D eigenvalue weighted by molar-refractivity contribution is 8.00. The van der Waals surface area contributed by atoms with E-state index >= 15 is 0 Å². The van der Waals surface area contributed by atoms with Crippen LogP contribution < -0.4 is 14.8 Å². The van der Waals surface area contributed by atoms with Crippen molar-refractivity contribution >= 4 is 29.3 Å². The van der Waals surface area contributed by atoms with Crippen molar-refractivity contribution in [3.05, 3.63) is 53.6 Å². The highest BCUT2D eigenvalue weighted by Gasteiger charge is 2.33. The minimum atomic E-state index is -0.110. The number of benzene rings is 2. The van der Waals surface area contributed by atoms with Crippen LogP contribution in [-0.2, 0) is 16.1 Å². The number of ether oxygens (including phenoxy) is 2. The molecule has 2 aromatic carbocycles. The maximum absolute atomic E-state index is 12.5. The van der Waals surface area contributed by atoms with Crippen molar-refractivity contribution in [3.8, 4) is 11.5 Å². The summed E-state index contributed by atoms with van der Waals surface area (Å²) in [6.07, 6.45) is 0. The number of hydrogen-bond donors (Lipinski definition) is 1. The molecule has 0 radical (unpaired) electrons. The highest BCUT2D eigenvalue weighted by Crippen LogP contribution is 2.41. The molecule has 1 aliphatic heterocycles. The van der Waals surface area contributed by atoms with Gasteiger partial charge in [0, 0.05) is 24.2 Å². The number of carbonyl (C=O) groups is 2.